The Morgan fingerprint density at radius 1 is 1.27 bits per heavy atom. The number of hydrogen-bond donors (Lipinski definition) is 0. The molecule has 0 spiro atoms. The molecular formula is C19H13IN2O3S. The van der Waals surface area contributed by atoms with Crippen molar-refractivity contribution >= 4 is 50.1 Å². The number of fused-ring (bicyclic) bond motifs is 2. The maximum absolute atomic E-state index is 12.6. The van der Waals surface area contributed by atoms with Gasteiger partial charge in [-0.3, -0.25) is 4.79 Å². The van der Waals surface area contributed by atoms with Crippen LogP contribution in [0.25, 0.3) is 10.2 Å². The Balaban J connectivity index is 1.89. The van der Waals surface area contributed by atoms with E-state index < -0.39 is 0 Å². The number of carbonyl (C=O) groups excluding carboxylic acids is 1. The molecule has 0 saturated carbocycles. The van der Waals surface area contributed by atoms with E-state index in [0.717, 1.165) is 13.8 Å². The molecule has 2 heterocycles. The van der Waals surface area contributed by atoms with Crippen molar-refractivity contribution in [2.24, 2.45) is 4.99 Å². The van der Waals surface area contributed by atoms with Crippen molar-refractivity contribution in [3.05, 3.63) is 50.3 Å². The fraction of sp³-hybridized carbons (Fsp3) is 0.158. The molecule has 0 fully saturated rings. The van der Waals surface area contributed by atoms with Crippen LogP contribution in [0.3, 0.4) is 0 Å². The molecule has 0 unspecified atom stereocenters. The maximum atomic E-state index is 12.6. The van der Waals surface area contributed by atoms with Crippen molar-refractivity contribution in [3.8, 4) is 23.8 Å². The van der Waals surface area contributed by atoms with Gasteiger partial charge >= 0.3 is 0 Å². The lowest BCUT2D eigenvalue weighted by Gasteiger charge is -2.18. The van der Waals surface area contributed by atoms with E-state index in [1.54, 1.807) is 6.07 Å². The highest BCUT2D eigenvalue weighted by atomic mass is 127. The Kier molecular flexibility index (Phi) is 4.70. The van der Waals surface area contributed by atoms with Crippen LogP contribution in [0.4, 0.5) is 0 Å². The first-order valence-electron chi connectivity index (χ1n) is 7.87. The number of hydrogen-bond acceptors (Lipinski definition) is 4. The van der Waals surface area contributed by atoms with Crippen molar-refractivity contribution in [2.45, 2.75) is 6.54 Å². The van der Waals surface area contributed by atoms with Crippen LogP contribution < -0.4 is 14.3 Å². The number of rotatable bonds is 2. The molecule has 3 aromatic rings. The minimum Gasteiger partial charge on any atom is -0.486 e. The Morgan fingerprint density at radius 2 is 2.00 bits per heavy atom. The molecule has 2 aromatic carbocycles. The molecule has 4 rings (SSSR count). The van der Waals surface area contributed by atoms with Crippen molar-refractivity contribution in [1.29, 1.82) is 0 Å². The van der Waals surface area contributed by atoms with Crippen LogP contribution in [-0.2, 0) is 6.54 Å². The molecule has 0 atom stereocenters. The molecule has 7 heteroatoms. The predicted molar refractivity (Wildman–Crippen MR) is 109 cm³/mol. The average molecular weight is 476 g/mol. The van der Waals surface area contributed by atoms with Gasteiger partial charge in [0.2, 0.25) is 0 Å². The van der Waals surface area contributed by atoms with Gasteiger partial charge in [-0.2, -0.15) is 4.99 Å². The van der Waals surface area contributed by atoms with Gasteiger partial charge in [0.25, 0.3) is 5.91 Å². The number of halogens is 1. The number of aromatic nitrogens is 1. The van der Waals surface area contributed by atoms with Crippen LogP contribution in [0.15, 0.2) is 41.4 Å². The third-order valence-corrected chi connectivity index (χ3v) is 5.88. The number of nitrogens with zero attached hydrogens (tertiary/aromatic N) is 2. The van der Waals surface area contributed by atoms with E-state index in [1.165, 1.54) is 11.3 Å². The van der Waals surface area contributed by atoms with Gasteiger partial charge in [0, 0.05) is 15.7 Å². The minimum absolute atomic E-state index is 0.287. The quantitative estimate of drug-likeness (QED) is 0.421. The molecule has 0 saturated heterocycles. The van der Waals surface area contributed by atoms with Gasteiger partial charge in [-0.15, -0.1) is 6.42 Å². The second kappa shape index (κ2) is 7.13. The number of benzene rings is 2. The summed E-state index contributed by atoms with van der Waals surface area (Å²) in [5, 5.41) is 0. The van der Waals surface area contributed by atoms with E-state index in [2.05, 4.69) is 33.5 Å². The molecule has 1 aliphatic rings. The second-order valence-electron chi connectivity index (χ2n) is 5.54. The summed E-state index contributed by atoms with van der Waals surface area (Å²) in [6.07, 6.45) is 5.53. The summed E-state index contributed by atoms with van der Waals surface area (Å²) in [7, 11) is 0. The molecule has 0 aliphatic carbocycles. The molecule has 1 aliphatic heterocycles. The Morgan fingerprint density at radius 3 is 2.73 bits per heavy atom. The average Bonchev–Trinajstić information content (AvgIpc) is 2.96. The zero-order valence-electron chi connectivity index (χ0n) is 13.6. The molecule has 0 N–H and O–H groups in total. The summed E-state index contributed by atoms with van der Waals surface area (Å²) in [5.74, 6) is 3.73. The smallest absolute Gasteiger partial charge is 0.280 e. The first-order chi connectivity index (χ1) is 12.7. The number of thiazole rings is 1. The van der Waals surface area contributed by atoms with Crippen LogP contribution in [0.5, 0.6) is 11.5 Å². The molecule has 5 nitrogen and oxygen atoms in total. The lowest BCUT2D eigenvalue weighted by Crippen LogP contribution is -2.17. The fourth-order valence-corrected chi connectivity index (χ4v) is 4.37. The normalized spacial score (nSPS) is 13.6. The van der Waals surface area contributed by atoms with Crippen LogP contribution in [0.2, 0.25) is 0 Å². The zero-order chi connectivity index (χ0) is 18.1. The largest absolute Gasteiger partial charge is 0.486 e. The highest BCUT2D eigenvalue weighted by Crippen LogP contribution is 2.35. The first kappa shape index (κ1) is 17.1. The Hall–Kier alpha value is -2.31. The zero-order valence-corrected chi connectivity index (χ0v) is 16.5. The topological polar surface area (TPSA) is 52.8 Å². The number of amides is 1. The van der Waals surface area contributed by atoms with Gasteiger partial charge < -0.3 is 14.0 Å². The Bertz CT molecular complexity index is 1120. The summed E-state index contributed by atoms with van der Waals surface area (Å²) < 4.78 is 15.0. The number of terminal acetylenes is 1. The summed E-state index contributed by atoms with van der Waals surface area (Å²) >= 11 is 3.54. The molecule has 130 valence electrons. The van der Waals surface area contributed by atoms with Crippen molar-refractivity contribution in [3.63, 3.8) is 0 Å². The van der Waals surface area contributed by atoms with Gasteiger partial charge in [0.1, 0.15) is 13.2 Å². The van der Waals surface area contributed by atoms with Gasteiger partial charge in [-0.25, -0.2) is 0 Å². The highest BCUT2D eigenvalue weighted by molar-refractivity contribution is 14.1. The lowest BCUT2D eigenvalue weighted by molar-refractivity contribution is 0.0997. The molecule has 0 radical (unpaired) electrons. The summed E-state index contributed by atoms with van der Waals surface area (Å²) in [6, 6.07) is 11.2. The van der Waals surface area contributed by atoms with Gasteiger partial charge in [-0.05, 0) is 34.7 Å². The van der Waals surface area contributed by atoms with Gasteiger partial charge in [-0.1, -0.05) is 29.4 Å². The van der Waals surface area contributed by atoms with E-state index in [1.807, 2.05) is 34.9 Å². The standard InChI is InChI=1S/C19H13IN2O3S/c1-2-7-22-14-10-15-16(25-9-8-24-15)11-17(14)26-19(22)21-18(23)12-5-3-4-6-13(12)20/h1,3-6,10-11H,7-9H2. The molecule has 26 heavy (non-hydrogen) atoms. The van der Waals surface area contributed by atoms with Crippen molar-refractivity contribution in [2.75, 3.05) is 13.2 Å². The molecular weight excluding hydrogens is 463 g/mol. The maximum Gasteiger partial charge on any atom is 0.280 e. The molecule has 1 amide bonds. The second-order valence-corrected chi connectivity index (χ2v) is 7.71. The van der Waals surface area contributed by atoms with Crippen molar-refractivity contribution in [1.82, 2.24) is 4.57 Å². The summed E-state index contributed by atoms with van der Waals surface area (Å²) in [4.78, 5) is 17.5. The van der Waals surface area contributed by atoms with Crippen molar-refractivity contribution < 1.29 is 14.3 Å². The number of ether oxygens (including phenoxy) is 2. The summed E-state index contributed by atoms with van der Waals surface area (Å²) in [5.41, 5.74) is 1.45. The van der Waals surface area contributed by atoms with Crippen LogP contribution in [0.1, 0.15) is 10.4 Å². The molecule has 0 bridgehead atoms. The first-order valence-corrected chi connectivity index (χ1v) is 9.77. The predicted octanol–water partition coefficient (Wildman–Crippen LogP) is 3.45. The molecule has 1 aromatic heterocycles. The van der Waals surface area contributed by atoms with E-state index in [0.29, 0.717) is 41.6 Å². The highest BCUT2D eigenvalue weighted by Gasteiger charge is 2.17. The lowest BCUT2D eigenvalue weighted by atomic mass is 10.2. The van der Waals surface area contributed by atoms with Gasteiger partial charge in [0.15, 0.2) is 16.3 Å². The number of carbonyl (C=O) groups is 1. The van der Waals surface area contributed by atoms with E-state index >= 15 is 0 Å². The summed E-state index contributed by atoms with van der Waals surface area (Å²) in [6.45, 7) is 1.36. The Labute approximate surface area is 167 Å². The third-order valence-electron chi connectivity index (χ3n) is 3.90. The minimum atomic E-state index is -0.287. The van der Waals surface area contributed by atoms with Gasteiger partial charge in [0.05, 0.1) is 22.3 Å². The van der Waals surface area contributed by atoms with E-state index in [-0.39, 0.29) is 5.91 Å². The third kappa shape index (κ3) is 3.10. The monoisotopic (exact) mass is 476 g/mol. The SMILES string of the molecule is C#CCn1c(=NC(=O)c2ccccc2I)sc2cc3c(cc21)OCCO3. The van der Waals surface area contributed by atoms with E-state index in [4.69, 9.17) is 15.9 Å². The fourth-order valence-electron chi connectivity index (χ4n) is 2.72. The van der Waals surface area contributed by atoms with E-state index in [9.17, 15) is 4.79 Å². The van der Waals surface area contributed by atoms with Crippen LogP contribution in [0, 0.1) is 15.9 Å². The van der Waals surface area contributed by atoms with Crippen LogP contribution in [-0.4, -0.2) is 23.7 Å². The van der Waals surface area contributed by atoms with Crippen LogP contribution >= 0.6 is 33.9 Å².